The average Bonchev–Trinajstić information content (AvgIpc) is 3.39. The first kappa shape index (κ1) is 22.1. The molecule has 32 heavy (non-hydrogen) atoms. The molecule has 2 aromatic rings. The highest BCUT2D eigenvalue weighted by atomic mass is 16.6. The van der Waals surface area contributed by atoms with E-state index < -0.39 is 11.8 Å². The van der Waals surface area contributed by atoms with Gasteiger partial charge in [-0.1, -0.05) is 36.4 Å². The quantitative estimate of drug-likeness (QED) is 0.639. The third-order valence-corrected chi connectivity index (χ3v) is 6.21. The van der Waals surface area contributed by atoms with Crippen molar-refractivity contribution < 1.29 is 19.1 Å². The lowest BCUT2D eigenvalue weighted by Gasteiger charge is -2.50. The van der Waals surface area contributed by atoms with E-state index in [0.29, 0.717) is 37.5 Å². The van der Waals surface area contributed by atoms with Gasteiger partial charge in [-0.15, -0.1) is 0 Å². The molecule has 2 fully saturated rings. The zero-order valence-electron chi connectivity index (χ0n) is 18.3. The second-order valence-corrected chi connectivity index (χ2v) is 8.17. The van der Waals surface area contributed by atoms with Crippen LogP contribution in [0.25, 0.3) is 0 Å². The first-order valence-corrected chi connectivity index (χ1v) is 11.0. The summed E-state index contributed by atoms with van der Waals surface area (Å²) >= 11 is 0. The van der Waals surface area contributed by atoms with Gasteiger partial charge in [-0.3, -0.25) is 9.69 Å². The van der Waals surface area contributed by atoms with Crippen LogP contribution in [0.15, 0.2) is 54.6 Å². The van der Waals surface area contributed by atoms with Crippen LogP contribution in [0.4, 0.5) is 4.79 Å². The summed E-state index contributed by atoms with van der Waals surface area (Å²) in [4.78, 5) is 28.2. The number of carbonyl (C=O) groups is 2. The number of carbonyl (C=O) groups excluding carboxylic acids is 2. The minimum atomic E-state index is -0.893. The first-order chi connectivity index (χ1) is 15.6. The van der Waals surface area contributed by atoms with Gasteiger partial charge in [0.1, 0.15) is 18.0 Å². The summed E-state index contributed by atoms with van der Waals surface area (Å²) < 4.78 is 10.9. The van der Waals surface area contributed by atoms with Crippen molar-refractivity contribution in [2.75, 3.05) is 39.8 Å². The van der Waals surface area contributed by atoms with E-state index in [0.717, 1.165) is 18.5 Å². The van der Waals surface area contributed by atoms with Crippen LogP contribution in [0.5, 0.6) is 5.75 Å². The summed E-state index contributed by atoms with van der Waals surface area (Å²) in [6.45, 7) is 3.28. The van der Waals surface area contributed by atoms with Crippen molar-refractivity contribution in [2.45, 2.75) is 18.7 Å². The molecule has 0 bridgehead atoms. The molecule has 3 N–H and O–H groups in total. The lowest BCUT2D eigenvalue weighted by atomic mass is 9.87. The normalized spacial score (nSPS) is 22.9. The lowest BCUT2D eigenvalue weighted by Crippen LogP contribution is -2.74. The zero-order chi connectivity index (χ0) is 22.4. The van der Waals surface area contributed by atoms with E-state index >= 15 is 0 Å². The molecule has 0 aliphatic carbocycles. The Morgan fingerprint density at radius 2 is 1.97 bits per heavy atom. The number of piperazine rings is 1. The first-order valence-electron chi connectivity index (χ1n) is 11.0. The van der Waals surface area contributed by atoms with Crippen molar-refractivity contribution in [3.05, 3.63) is 65.7 Å². The van der Waals surface area contributed by atoms with Gasteiger partial charge in [-0.25, -0.2) is 4.79 Å². The monoisotopic (exact) mass is 438 g/mol. The maximum absolute atomic E-state index is 13.3. The van der Waals surface area contributed by atoms with Crippen molar-refractivity contribution in [1.29, 1.82) is 0 Å². The van der Waals surface area contributed by atoms with Gasteiger partial charge in [0.05, 0.1) is 7.11 Å². The van der Waals surface area contributed by atoms with Crippen LogP contribution in [0, 0.1) is 5.92 Å². The molecule has 2 amide bonds. The van der Waals surface area contributed by atoms with E-state index in [1.807, 2.05) is 30.3 Å². The fourth-order valence-electron chi connectivity index (χ4n) is 4.49. The Morgan fingerprint density at radius 3 is 2.72 bits per heavy atom. The summed E-state index contributed by atoms with van der Waals surface area (Å²) in [6.07, 6.45) is 0.427. The van der Waals surface area contributed by atoms with Crippen molar-refractivity contribution in [2.24, 2.45) is 5.92 Å². The predicted octanol–water partition coefficient (Wildman–Crippen LogP) is 1.97. The Morgan fingerprint density at radius 1 is 1.12 bits per heavy atom. The molecule has 2 aliphatic rings. The van der Waals surface area contributed by atoms with Gasteiger partial charge in [-0.05, 0) is 36.7 Å². The van der Waals surface area contributed by atoms with E-state index in [1.54, 1.807) is 36.3 Å². The minimum Gasteiger partial charge on any atom is -0.497 e. The Balaban J connectivity index is 1.58. The predicted molar refractivity (Wildman–Crippen MR) is 120 cm³/mol. The molecule has 2 saturated heterocycles. The number of nitrogens with one attached hydrogen (secondary N) is 3. The molecule has 8 heteroatoms. The Hall–Kier alpha value is -3.10. The number of benzene rings is 2. The SMILES string of the molecule is COc1cccc(C(=O)NC2(C3CCNC3)CNCCN2C(=O)OCc2ccccc2)c1. The van der Waals surface area contributed by atoms with E-state index in [-0.39, 0.29) is 18.4 Å². The van der Waals surface area contributed by atoms with Crippen LogP contribution in [0.1, 0.15) is 22.3 Å². The number of methoxy groups -OCH3 is 1. The summed E-state index contributed by atoms with van der Waals surface area (Å²) in [7, 11) is 1.57. The van der Waals surface area contributed by atoms with Crippen LogP contribution in [-0.2, 0) is 11.3 Å². The highest BCUT2D eigenvalue weighted by Crippen LogP contribution is 2.30. The number of rotatable bonds is 6. The van der Waals surface area contributed by atoms with Crippen molar-refractivity contribution in [1.82, 2.24) is 20.9 Å². The van der Waals surface area contributed by atoms with Crippen LogP contribution in [-0.4, -0.2) is 62.4 Å². The summed E-state index contributed by atoms with van der Waals surface area (Å²) in [5.41, 5.74) is 0.512. The Bertz CT molecular complexity index is 933. The van der Waals surface area contributed by atoms with Gasteiger partial charge >= 0.3 is 6.09 Å². The molecule has 2 aromatic carbocycles. The van der Waals surface area contributed by atoms with Crippen molar-refractivity contribution in [3.63, 3.8) is 0 Å². The highest BCUT2D eigenvalue weighted by Gasteiger charge is 2.50. The number of nitrogens with zero attached hydrogens (tertiary/aromatic N) is 1. The molecular weight excluding hydrogens is 408 g/mol. The Labute approximate surface area is 188 Å². The third-order valence-electron chi connectivity index (χ3n) is 6.21. The van der Waals surface area contributed by atoms with Gasteiger partial charge < -0.3 is 25.4 Å². The Kier molecular flexibility index (Phi) is 6.92. The largest absolute Gasteiger partial charge is 0.497 e. The number of ether oxygens (including phenoxy) is 2. The van der Waals surface area contributed by atoms with Crippen molar-refractivity contribution in [3.8, 4) is 5.75 Å². The molecule has 4 rings (SSSR count). The standard InChI is InChI=1S/C24H30N4O4/c1-31-21-9-5-8-19(14-21)22(29)27-24(20-10-11-25-15-20)17-26-12-13-28(24)23(30)32-16-18-6-3-2-4-7-18/h2-9,14,20,25-26H,10-13,15-17H2,1H3,(H,27,29). The van der Waals surface area contributed by atoms with Crippen LogP contribution >= 0.6 is 0 Å². The number of hydrogen-bond donors (Lipinski definition) is 3. The van der Waals surface area contributed by atoms with Gasteiger partial charge in [0, 0.05) is 37.7 Å². The van der Waals surface area contributed by atoms with E-state index in [1.165, 1.54) is 0 Å². The maximum atomic E-state index is 13.3. The van der Waals surface area contributed by atoms with Gasteiger partial charge in [0.15, 0.2) is 0 Å². The molecule has 170 valence electrons. The maximum Gasteiger partial charge on any atom is 0.412 e. The van der Waals surface area contributed by atoms with E-state index in [2.05, 4.69) is 16.0 Å². The summed E-state index contributed by atoms with van der Waals surface area (Å²) in [5, 5.41) is 9.94. The molecule has 2 aliphatic heterocycles. The second-order valence-electron chi connectivity index (χ2n) is 8.17. The lowest BCUT2D eigenvalue weighted by molar-refractivity contribution is -0.0128. The van der Waals surface area contributed by atoms with E-state index in [9.17, 15) is 9.59 Å². The van der Waals surface area contributed by atoms with Crippen LogP contribution in [0.2, 0.25) is 0 Å². The molecule has 0 radical (unpaired) electrons. The molecule has 0 aromatic heterocycles. The molecule has 2 unspecified atom stereocenters. The van der Waals surface area contributed by atoms with Gasteiger partial charge in [0.2, 0.25) is 0 Å². The average molecular weight is 439 g/mol. The third kappa shape index (κ3) is 4.71. The molecule has 0 spiro atoms. The van der Waals surface area contributed by atoms with Crippen LogP contribution < -0.4 is 20.7 Å². The smallest absolute Gasteiger partial charge is 0.412 e. The zero-order valence-corrected chi connectivity index (χ0v) is 18.3. The molecule has 2 atom stereocenters. The summed E-state index contributed by atoms with van der Waals surface area (Å²) in [5.74, 6) is 0.407. The number of hydrogen-bond acceptors (Lipinski definition) is 6. The molecular formula is C24H30N4O4. The minimum absolute atomic E-state index is 0.0501. The fourth-order valence-corrected chi connectivity index (χ4v) is 4.49. The topological polar surface area (TPSA) is 91.9 Å². The fraction of sp³-hybridized carbons (Fsp3) is 0.417. The van der Waals surface area contributed by atoms with Gasteiger partial charge in [0.25, 0.3) is 5.91 Å². The van der Waals surface area contributed by atoms with Gasteiger partial charge in [-0.2, -0.15) is 0 Å². The number of amides is 2. The molecule has 0 saturated carbocycles. The second kappa shape index (κ2) is 10.0. The van der Waals surface area contributed by atoms with Crippen molar-refractivity contribution >= 4 is 12.0 Å². The van der Waals surface area contributed by atoms with E-state index in [4.69, 9.17) is 9.47 Å². The highest BCUT2D eigenvalue weighted by molar-refractivity contribution is 5.95. The van der Waals surface area contributed by atoms with Crippen LogP contribution in [0.3, 0.4) is 0 Å². The summed E-state index contributed by atoms with van der Waals surface area (Å²) in [6, 6.07) is 16.6. The molecule has 2 heterocycles. The molecule has 8 nitrogen and oxygen atoms in total.